The Morgan fingerprint density at radius 1 is 1.29 bits per heavy atom. The van der Waals surface area contributed by atoms with Crippen LogP contribution in [0, 0.1) is 23.2 Å². The van der Waals surface area contributed by atoms with Crippen molar-refractivity contribution in [2.45, 2.75) is 68.5 Å². The summed E-state index contributed by atoms with van der Waals surface area (Å²) < 4.78 is 32.8. The van der Waals surface area contributed by atoms with Gasteiger partial charge in [0, 0.05) is 12.1 Å². The monoisotopic (exact) mass is 533 g/mol. The summed E-state index contributed by atoms with van der Waals surface area (Å²) in [6, 6.07) is 1.99. The van der Waals surface area contributed by atoms with Crippen molar-refractivity contribution in [3.63, 3.8) is 0 Å². The van der Waals surface area contributed by atoms with Crippen LogP contribution in [0.2, 0.25) is 0 Å². The third-order valence-electron chi connectivity index (χ3n) is 6.37. The molecule has 0 aromatic rings. The molecule has 28 heavy (non-hydrogen) atoms. The van der Waals surface area contributed by atoms with Gasteiger partial charge in [0.15, 0.2) is 0 Å². The Balaban J connectivity index is 0.000000420. The van der Waals surface area contributed by atoms with Gasteiger partial charge in [-0.15, -0.1) is 0 Å². The van der Waals surface area contributed by atoms with Crippen LogP contribution in [-0.2, 0) is 15.2 Å². The quantitative estimate of drug-likeness (QED) is 0.260. The summed E-state index contributed by atoms with van der Waals surface area (Å²) in [5, 5.41) is 23.4. The van der Waals surface area contributed by atoms with Crippen molar-refractivity contribution >= 4 is 16.3 Å². The molecule has 0 aromatic carbocycles. The van der Waals surface area contributed by atoms with E-state index < -0.39 is 16.0 Å². The fourth-order valence-corrected chi connectivity index (χ4v) is 5.99. The van der Waals surface area contributed by atoms with Crippen molar-refractivity contribution in [3.05, 3.63) is 0 Å². The molecule has 2 unspecified atom stereocenters. The Labute approximate surface area is 224 Å². The molecule has 4 aliphatic carbocycles. The third-order valence-corrected chi connectivity index (χ3v) is 6.37. The van der Waals surface area contributed by atoms with E-state index in [1.54, 1.807) is 4.90 Å². The van der Waals surface area contributed by atoms with E-state index in [-0.39, 0.29) is 86.4 Å². The minimum absolute atomic E-state index is 0. The normalized spacial score (nSPS) is 38.2. The SMILES string of the molecule is N#C[C@@H]1CCCN1C(=O)CNC12CC3CC(CC(O)(C3)C1)C2.O=S(=O)([O-])O.[Cs+]. The van der Waals surface area contributed by atoms with Crippen molar-refractivity contribution in [2.24, 2.45) is 11.8 Å². The van der Waals surface area contributed by atoms with Gasteiger partial charge in [-0.05, 0) is 63.2 Å². The predicted molar refractivity (Wildman–Crippen MR) is 93.0 cm³/mol. The molecule has 5 fully saturated rings. The summed E-state index contributed by atoms with van der Waals surface area (Å²) in [5.74, 6) is 1.28. The first-order valence-corrected chi connectivity index (χ1v) is 10.7. The van der Waals surface area contributed by atoms with E-state index in [2.05, 4.69) is 11.4 Å². The molecule has 1 saturated heterocycles. The topological polar surface area (TPSA) is 154 Å². The van der Waals surface area contributed by atoms with Gasteiger partial charge >= 0.3 is 68.9 Å². The first-order valence-electron chi connectivity index (χ1n) is 9.36. The molecule has 11 heteroatoms. The summed E-state index contributed by atoms with van der Waals surface area (Å²) in [6.07, 6.45) is 7.87. The average Bonchev–Trinajstić information content (AvgIpc) is 2.97. The maximum absolute atomic E-state index is 12.4. The summed E-state index contributed by atoms with van der Waals surface area (Å²) in [4.78, 5) is 14.2. The molecular weight excluding hydrogens is 507 g/mol. The minimum atomic E-state index is -4.92. The van der Waals surface area contributed by atoms with E-state index in [1.807, 2.05) is 0 Å². The molecule has 5 rings (SSSR count). The van der Waals surface area contributed by atoms with Crippen LogP contribution in [0.15, 0.2) is 0 Å². The number of amides is 1. The van der Waals surface area contributed by atoms with E-state index in [1.165, 1.54) is 6.42 Å². The van der Waals surface area contributed by atoms with Crippen molar-refractivity contribution in [1.29, 1.82) is 5.26 Å². The van der Waals surface area contributed by atoms with E-state index in [4.69, 9.17) is 22.8 Å². The average molecular weight is 533 g/mol. The van der Waals surface area contributed by atoms with Crippen molar-refractivity contribution < 1.29 is 96.3 Å². The number of rotatable bonds is 3. The minimum Gasteiger partial charge on any atom is -0.726 e. The number of nitriles is 1. The van der Waals surface area contributed by atoms with Gasteiger partial charge < -0.3 is 19.9 Å². The largest absolute Gasteiger partial charge is 1.00 e. The molecule has 3 atom stereocenters. The van der Waals surface area contributed by atoms with E-state index >= 15 is 0 Å². The zero-order valence-corrected chi connectivity index (χ0v) is 23.2. The van der Waals surface area contributed by atoms with Crippen LogP contribution in [0.25, 0.3) is 0 Å². The van der Waals surface area contributed by atoms with E-state index in [9.17, 15) is 9.90 Å². The molecule has 5 aliphatic rings. The molecular formula is C17H26CsN3O6S. The number of hydrogen-bond acceptors (Lipinski definition) is 7. The second kappa shape index (κ2) is 9.52. The Hall–Kier alpha value is 0.802. The van der Waals surface area contributed by atoms with Crippen LogP contribution in [-0.4, -0.2) is 63.7 Å². The molecule has 1 heterocycles. The van der Waals surface area contributed by atoms with Gasteiger partial charge in [0.1, 0.15) is 6.04 Å². The van der Waals surface area contributed by atoms with Crippen LogP contribution in [0.1, 0.15) is 51.4 Å². The smallest absolute Gasteiger partial charge is 0.726 e. The first-order chi connectivity index (χ1) is 12.5. The maximum atomic E-state index is 12.4. The van der Waals surface area contributed by atoms with Gasteiger partial charge in [-0.1, -0.05) is 0 Å². The zero-order chi connectivity index (χ0) is 19.9. The molecule has 0 spiro atoms. The zero-order valence-electron chi connectivity index (χ0n) is 16.1. The second-order valence-corrected chi connectivity index (χ2v) is 9.48. The van der Waals surface area contributed by atoms with Gasteiger partial charge in [-0.25, -0.2) is 8.42 Å². The van der Waals surface area contributed by atoms with E-state index in [0.29, 0.717) is 24.9 Å². The summed E-state index contributed by atoms with van der Waals surface area (Å²) in [7, 11) is -4.92. The molecule has 0 aromatic heterocycles. The Kier molecular flexibility index (Phi) is 8.52. The molecule has 1 aliphatic heterocycles. The Bertz CT molecular complexity index is 718. The molecule has 152 valence electrons. The molecule has 4 saturated carbocycles. The third kappa shape index (κ3) is 6.40. The van der Waals surface area contributed by atoms with E-state index in [0.717, 1.165) is 44.9 Å². The number of nitrogens with one attached hydrogen (secondary N) is 1. The number of nitrogens with zero attached hydrogens (tertiary/aromatic N) is 2. The van der Waals surface area contributed by atoms with Crippen LogP contribution < -0.4 is 74.2 Å². The number of carbonyl (C=O) groups is 1. The van der Waals surface area contributed by atoms with Gasteiger partial charge in [0.05, 0.1) is 18.2 Å². The van der Waals surface area contributed by atoms with Crippen LogP contribution in [0.3, 0.4) is 0 Å². The Morgan fingerprint density at radius 2 is 1.86 bits per heavy atom. The fourth-order valence-electron chi connectivity index (χ4n) is 5.99. The molecule has 9 nitrogen and oxygen atoms in total. The van der Waals surface area contributed by atoms with Crippen LogP contribution in [0.4, 0.5) is 0 Å². The number of likely N-dealkylation sites (tertiary alicyclic amines) is 1. The second-order valence-electron chi connectivity index (χ2n) is 8.62. The van der Waals surface area contributed by atoms with Crippen LogP contribution in [0.5, 0.6) is 0 Å². The summed E-state index contributed by atoms with van der Waals surface area (Å²) >= 11 is 0. The van der Waals surface area contributed by atoms with Gasteiger partial charge in [0.25, 0.3) is 0 Å². The fraction of sp³-hybridized carbons (Fsp3) is 0.882. The Morgan fingerprint density at radius 3 is 2.36 bits per heavy atom. The van der Waals surface area contributed by atoms with Crippen molar-refractivity contribution in [1.82, 2.24) is 10.2 Å². The van der Waals surface area contributed by atoms with Gasteiger partial charge in [0.2, 0.25) is 16.3 Å². The standard InChI is InChI=1S/C17H25N3O2.Cs.H2O4S/c18-9-14-2-1-3-20(14)15(21)10-19-16-5-12-4-13(6-16)8-17(22,7-12)11-16;;1-5(2,3)4/h12-14,19,22H,1-8,10-11H2;;(H2,1,2,3,4)/q;+1;/p-1/t12?,13?,14-,16?,17?;;/m0../s1. The summed E-state index contributed by atoms with van der Waals surface area (Å²) in [5.41, 5.74) is -0.542. The number of aliphatic hydroxyl groups is 1. The van der Waals surface area contributed by atoms with Gasteiger partial charge in [-0.2, -0.15) is 5.26 Å². The first kappa shape index (κ1) is 25.1. The number of hydrogen-bond donors (Lipinski definition) is 3. The van der Waals surface area contributed by atoms with Crippen molar-refractivity contribution in [3.8, 4) is 6.07 Å². The molecule has 3 N–H and O–H groups in total. The predicted octanol–water partition coefficient (Wildman–Crippen LogP) is -2.82. The molecule has 4 bridgehead atoms. The van der Waals surface area contributed by atoms with Gasteiger partial charge in [-0.3, -0.25) is 9.35 Å². The summed E-state index contributed by atoms with van der Waals surface area (Å²) in [6.45, 7) is 1.02. The number of carbonyl (C=O) groups excluding carboxylic acids is 1. The van der Waals surface area contributed by atoms with Crippen molar-refractivity contribution in [2.75, 3.05) is 13.1 Å². The molecule has 1 amide bonds. The maximum Gasteiger partial charge on any atom is 1.00 e. The molecule has 0 radical (unpaired) electrons. The van der Waals surface area contributed by atoms with Crippen LogP contribution >= 0.6 is 0 Å².